The summed E-state index contributed by atoms with van der Waals surface area (Å²) in [7, 11) is 1.64. The monoisotopic (exact) mass is 451 g/mol. The lowest BCUT2D eigenvalue weighted by atomic mass is 9.78. The van der Waals surface area contributed by atoms with Gasteiger partial charge in [-0.25, -0.2) is 4.79 Å². The average Bonchev–Trinajstić information content (AvgIpc) is 3.17. The molecule has 1 aliphatic rings. The van der Waals surface area contributed by atoms with Gasteiger partial charge in [0.25, 0.3) is 0 Å². The lowest BCUT2D eigenvalue weighted by Gasteiger charge is -2.40. The van der Waals surface area contributed by atoms with Gasteiger partial charge >= 0.3 is 5.97 Å². The van der Waals surface area contributed by atoms with E-state index < -0.39 is 5.97 Å². The van der Waals surface area contributed by atoms with Crippen LogP contribution in [0, 0.1) is 5.41 Å². The molecule has 0 N–H and O–H groups in total. The number of esters is 1. The van der Waals surface area contributed by atoms with Gasteiger partial charge in [0.15, 0.2) is 5.43 Å². The Kier molecular flexibility index (Phi) is 6.32. The van der Waals surface area contributed by atoms with Crippen molar-refractivity contribution in [1.82, 2.24) is 14.3 Å². The van der Waals surface area contributed by atoms with Crippen molar-refractivity contribution in [2.45, 2.75) is 66.0 Å². The van der Waals surface area contributed by atoms with Crippen LogP contribution >= 0.6 is 0 Å². The van der Waals surface area contributed by atoms with Crippen molar-refractivity contribution in [3.63, 3.8) is 0 Å². The Bertz CT molecular complexity index is 1240. The van der Waals surface area contributed by atoms with Crippen molar-refractivity contribution in [3.05, 3.63) is 46.2 Å². The van der Waals surface area contributed by atoms with Crippen LogP contribution in [0.1, 0.15) is 69.8 Å². The van der Waals surface area contributed by atoms with Gasteiger partial charge in [-0.1, -0.05) is 52.2 Å². The molecule has 0 radical (unpaired) electrons. The van der Waals surface area contributed by atoms with Crippen LogP contribution in [-0.2, 0) is 11.3 Å². The number of hydrogen-bond acceptors (Lipinski definition) is 5. The predicted octanol–water partition coefficient (Wildman–Crippen LogP) is 5.21. The van der Waals surface area contributed by atoms with Gasteiger partial charge in [-0.15, -0.1) is 0 Å². The third-order valence-corrected chi connectivity index (χ3v) is 6.78. The van der Waals surface area contributed by atoms with Crippen molar-refractivity contribution in [3.8, 4) is 17.1 Å². The van der Waals surface area contributed by atoms with Crippen LogP contribution < -0.4 is 10.2 Å². The number of nitrogens with zero attached hydrogens (tertiary/aromatic N) is 3. The number of benzene rings is 1. The second-order valence-electron chi connectivity index (χ2n) is 9.41. The molecular formula is C26H33N3O4. The fourth-order valence-electron chi connectivity index (χ4n) is 4.93. The van der Waals surface area contributed by atoms with Crippen molar-refractivity contribution in [1.29, 1.82) is 0 Å². The molecule has 1 aliphatic heterocycles. The van der Waals surface area contributed by atoms with Crippen molar-refractivity contribution in [2.24, 2.45) is 5.41 Å². The van der Waals surface area contributed by atoms with Crippen molar-refractivity contribution < 1.29 is 14.3 Å². The highest BCUT2D eigenvalue weighted by Gasteiger charge is 2.37. The van der Waals surface area contributed by atoms with E-state index in [1.54, 1.807) is 26.3 Å². The Hall–Kier alpha value is -3.09. The molecule has 7 heteroatoms. The molecule has 3 aromatic rings. The SMILES string of the molecule is CCCCCC(C)(C)C1Cn2nc3c(OC)cccc3c2-c2cc(=O)c(C(=O)OCC)cn21. The van der Waals surface area contributed by atoms with Gasteiger partial charge in [0.1, 0.15) is 16.8 Å². The summed E-state index contributed by atoms with van der Waals surface area (Å²) >= 11 is 0. The molecule has 0 saturated heterocycles. The highest BCUT2D eigenvalue weighted by Crippen LogP contribution is 2.45. The minimum absolute atomic E-state index is 0.0194. The molecule has 0 fully saturated rings. The number of hydrogen-bond donors (Lipinski definition) is 0. The summed E-state index contributed by atoms with van der Waals surface area (Å²) in [6, 6.07) is 7.40. The standard InChI is InChI=1S/C26H33N3O4/c1-6-8-9-13-26(3,4)22-16-29-24(17-11-10-12-21(32-5)23(17)27-29)19-14-20(30)18(15-28(19)22)25(31)33-7-2/h10-12,14-15,22H,6-9,13,16H2,1-5H3. The molecule has 33 heavy (non-hydrogen) atoms. The molecular weight excluding hydrogens is 418 g/mol. The van der Waals surface area contributed by atoms with Gasteiger partial charge < -0.3 is 14.0 Å². The molecule has 0 bridgehead atoms. The number of rotatable bonds is 8. The smallest absolute Gasteiger partial charge is 0.343 e. The van der Waals surface area contributed by atoms with E-state index in [4.69, 9.17) is 14.6 Å². The van der Waals surface area contributed by atoms with Crippen molar-refractivity contribution >= 4 is 16.9 Å². The fourth-order valence-corrected chi connectivity index (χ4v) is 4.93. The van der Waals surface area contributed by atoms with E-state index in [0.717, 1.165) is 41.6 Å². The molecule has 0 aliphatic carbocycles. The van der Waals surface area contributed by atoms with Gasteiger partial charge in [0.2, 0.25) is 0 Å². The number of carbonyl (C=O) groups excluding carboxylic acids is 1. The van der Waals surface area contributed by atoms with Crippen LogP contribution in [-0.4, -0.2) is 34.0 Å². The van der Waals surface area contributed by atoms with E-state index in [-0.39, 0.29) is 29.1 Å². The molecule has 176 valence electrons. The first-order valence-electron chi connectivity index (χ1n) is 11.8. The number of carbonyl (C=O) groups is 1. The van der Waals surface area contributed by atoms with E-state index in [2.05, 4.69) is 25.3 Å². The van der Waals surface area contributed by atoms with Crippen LogP contribution in [0.4, 0.5) is 0 Å². The summed E-state index contributed by atoms with van der Waals surface area (Å²) in [5.74, 6) is 0.121. The molecule has 0 spiro atoms. The summed E-state index contributed by atoms with van der Waals surface area (Å²) in [5, 5.41) is 5.81. The summed E-state index contributed by atoms with van der Waals surface area (Å²) in [4.78, 5) is 25.5. The molecule has 4 rings (SSSR count). The minimum Gasteiger partial charge on any atom is -0.494 e. The first-order chi connectivity index (χ1) is 15.8. The topological polar surface area (TPSA) is 75.3 Å². The highest BCUT2D eigenvalue weighted by molar-refractivity contribution is 5.97. The van der Waals surface area contributed by atoms with Crippen molar-refractivity contribution in [2.75, 3.05) is 13.7 Å². The summed E-state index contributed by atoms with van der Waals surface area (Å²) in [6.07, 6.45) is 6.19. The van der Waals surface area contributed by atoms with E-state index in [1.807, 2.05) is 22.9 Å². The molecule has 0 amide bonds. The van der Waals surface area contributed by atoms with Gasteiger partial charge in [0.05, 0.1) is 37.7 Å². The second-order valence-corrected chi connectivity index (χ2v) is 9.41. The Morgan fingerprint density at radius 2 is 2.03 bits per heavy atom. The number of fused-ring (bicyclic) bond motifs is 5. The highest BCUT2D eigenvalue weighted by atomic mass is 16.5. The maximum absolute atomic E-state index is 13.0. The normalized spacial score (nSPS) is 15.2. The second kappa shape index (κ2) is 9.04. The average molecular weight is 452 g/mol. The summed E-state index contributed by atoms with van der Waals surface area (Å²) < 4.78 is 14.8. The molecule has 1 atom stereocenters. The zero-order valence-corrected chi connectivity index (χ0v) is 20.2. The van der Waals surface area contributed by atoms with E-state index in [0.29, 0.717) is 12.3 Å². The van der Waals surface area contributed by atoms with Gasteiger partial charge in [-0.3, -0.25) is 9.48 Å². The lowest BCUT2D eigenvalue weighted by molar-refractivity contribution is 0.0522. The molecule has 2 aromatic heterocycles. The number of unbranched alkanes of at least 4 members (excludes halogenated alkanes) is 2. The first-order valence-corrected chi connectivity index (χ1v) is 11.8. The number of aromatic nitrogens is 3. The third-order valence-electron chi connectivity index (χ3n) is 6.78. The Balaban J connectivity index is 1.94. The summed E-state index contributed by atoms with van der Waals surface area (Å²) in [6.45, 7) is 9.33. The minimum atomic E-state index is -0.578. The fraction of sp³-hybridized carbons (Fsp3) is 0.500. The van der Waals surface area contributed by atoms with Gasteiger partial charge in [0, 0.05) is 17.6 Å². The molecule has 0 saturated carbocycles. The van der Waals surface area contributed by atoms with Crippen LogP contribution in [0.5, 0.6) is 5.75 Å². The van der Waals surface area contributed by atoms with Gasteiger partial charge in [-0.2, -0.15) is 5.10 Å². The zero-order chi connectivity index (χ0) is 23.8. The van der Waals surface area contributed by atoms with E-state index in [1.165, 1.54) is 6.42 Å². The largest absolute Gasteiger partial charge is 0.494 e. The molecule has 3 heterocycles. The number of methoxy groups -OCH3 is 1. The van der Waals surface area contributed by atoms with Crippen LogP contribution in [0.3, 0.4) is 0 Å². The first kappa shape index (κ1) is 23.1. The van der Waals surface area contributed by atoms with E-state index >= 15 is 0 Å². The third kappa shape index (κ3) is 4.05. The molecule has 7 nitrogen and oxygen atoms in total. The predicted molar refractivity (Wildman–Crippen MR) is 129 cm³/mol. The lowest BCUT2D eigenvalue weighted by Crippen LogP contribution is -2.37. The Morgan fingerprint density at radius 1 is 1.24 bits per heavy atom. The van der Waals surface area contributed by atoms with E-state index in [9.17, 15) is 9.59 Å². The Labute approximate surface area is 194 Å². The molecule has 1 aromatic carbocycles. The quantitative estimate of drug-likeness (QED) is 0.347. The molecule has 1 unspecified atom stereocenters. The summed E-state index contributed by atoms with van der Waals surface area (Å²) in [5.41, 5.74) is 2.07. The van der Waals surface area contributed by atoms with Gasteiger partial charge in [-0.05, 0) is 24.8 Å². The maximum atomic E-state index is 13.0. The zero-order valence-electron chi connectivity index (χ0n) is 20.2. The van der Waals surface area contributed by atoms with Crippen LogP contribution in [0.15, 0.2) is 35.3 Å². The number of ether oxygens (including phenoxy) is 2. The Morgan fingerprint density at radius 3 is 2.73 bits per heavy atom. The van der Waals surface area contributed by atoms with Crippen LogP contribution in [0.2, 0.25) is 0 Å². The number of pyridine rings is 1. The maximum Gasteiger partial charge on any atom is 0.343 e. The van der Waals surface area contributed by atoms with Crippen LogP contribution in [0.25, 0.3) is 22.3 Å².